The Morgan fingerprint density at radius 2 is 1.84 bits per heavy atom. The highest BCUT2D eigenvalue weighted by Crippen LogP contribution is 2.38. The summed E-state index contributed by atoms with van der Waals surface area (Å²) >= 11 is 0. The molecular weight excluding hydrogens is 577 g/mol. The number of benzene rings is 1. The van der Waals surface area contributed by atoms with E-state index in [4.69, 9.17) is 15.4 Å². The normalized spacial score (nSPS) is 17.1. The fraction of sp³-hybridized carbons (Fsp3) is 0.267. The van der Waals surface area contributed by atoms with Crippen LogP contribution in [0, 0.1) is 19.8 Å². The van der Waals surface area contributed by atoms with Crippen molar-refractivity contribution in [2.24, 2.45) is 5.92 Å². The topological polar surface area (TPSA) is 154 Å². The number of fused-ring (bicyclic) bond motifs is 1. The highest BCUT2D eigenvalue weighted by molar-refractivity contribution is 6.04. The lowest BCUT2D eigenvalue weighted by Gasteiger charge is -2.30. The minimum Gasteiger partial charge on any atom is -0.382 e. The number of amides is 1. The smallest absolute Gasteiger partial charge is 0.382 e. The maximum atomic E-state index is 13.8. The van der Waals surface area contributed by atoms with E-state index in [2.05, 4.69) is 25.8 Å². The summed E-state index contributed by atoms with van der Waals surface area (Å²) in [7, 11) is 0. The number of carbonyl (C=O) groups excluding carboxylic acids is 2. The molecule has 6 rings (SSSR count). The summed E-state index contributed by atoms with van der Waals surface area (Å²) in [5.74, 6) is -0.882. The number of piperidine rings is 1. The number of anilines is 2. The standard InChI is InChI=1S/C30H27F3N8O3/c1-15-24(16(2)44-40-15)27(42)20-8-10-35-14-22(20)25-21-9-12-37-28(34)26(21)41(39-25)19-5-3-17(4-6-19)29(43)38-23-13-18(7-11-36-23)30(31,32)33/h3-7,9,11-13,20,22,35H,8,10,14H2,1-2H3,(H2,34,37)(H,36,38,43)/t20?,22-/m0/s1. The molecule has 44 heavy (non-hydrogen) atoms. The highest BCUT2D eigenvalue weighted by Gasteiger charge is 2.38. The number of ketones is 1. The van der Waals surface area contributed by atoms with Crippen molar-refractivity contribution < 1.29 is 27.3 Å². The number of hydrogen-bond donors (Lipinski definition) is 3. The number of nitrogens with zero attached hydrogens (tertiary/aromatic N) is 5. The van der Waals surface area contributed by atoms with Gasteiger partial charge in [0.25, 0.3) is 5.91 Å². The first-order valence-electron chi connectivity index (χ1n) is 13.8. The molecule has 0 spiro atoms. The minimum atomic E-state index is -4.57. The molecule has 2 atom stereocenters. The summed E-state index contributed by atoms with van der Waals surface area (Å²) in [5, 5.41) is 15.4. The number of aryl methyl sites for hydroxylation is 2. The van der Waals surface area contributed by atoms with Gasteiger partial charge in [0.15, 0.2) is 5.78 Å². The second-order valence-electron chi connectivity index (χ2n) is 10.6. The van der Waals surface area contributed by atoms with Crippen molar-refractivity contribution in [1.29, 1.82) is 0 Å². The van der Waals surface area contributed by atoms with Crippen molar-refractivity contribution in [3.8, 4) is 5.69 Å². The molecule has 14 heteroatoms. The molecule has 1 aliphatic rings. The Bertz CT molecular complexity index is 1860. The van der Waals surface area contributed by atoms with Crippen molar-refractivity contribution in [2.45, 2.75) is 32.4 Å². The van der Waals surface area contributed by atoms with Gasteiger partial charge in [-0.05, 0) is 69.3 Å². The van der Waals surface area contributed by atoms with Gasteiger partial charge < -0.3 is 20.9 Å². The number of aromatic nitrogens is 5. The third-order valence-corrected chi connectivity index (χ3v) is 7.80. The van der Waals surface area contributed by atoms with E-state index in [1.165, 1.54) is 12.1 Å². The molecule has 5 aromatic rings. The molecule has 5 heterocycles. The van der Waals surface area contributed by atoms with Crippen LogP contribution >= 0.6 is 0 Å². The van der Waals surface area contributed by atoms with Gasteiger partial charge in [-0.25, -0.2) is 14.6 Å². The second kappa shape index (κ2) is 11.2. The quantitative estimate of drug-likeness (QED) is 0.231. The van der Waals surface area contributed by atoms with Crippen molar-refractivity contribution >= 4 is 34.2 Å². The monoisotopic (exact) mass is 604 g/mol. The number of alkyl halides is 3. The lowest BCUT2D eigenvalue weighted by Crippen LogP contribution is -2.39. The van der Waals surface area contributed by atoms with Crippen LogP contribution in [-0.4, -0.2) is 49.7 Å². The Labute approximate surface area is 248 Å². The van der Waals surface area contributed by atoms with Crippen LogP contribution in [0.3, 0.4) is 0 Å². The van der Waals surface area contributed by atoms with Crippen LogP contribution in [0.1, 0.15) is 55.8 Å². The predicted octanol–water partition coefficient (Wildman–Crippen LogP) is 4.85. The Hall–Kier alpha value is -5.11. The third kappa shape index (κ3) is 5.28. The van der Waals surface area contributed by atoms with E-state index in [0.29, 0.717) is 53.4 Å². The predicted molar refractivity (Wildman–Crippen MR) is 154 cm³/mol. The third-order valence-electron chi connectivity index (χ3n) is 7.80. The van der Waals surface area contributed by atoms with Crippen molar-refractivity contribution in [1.82, 2.24) is 30.2 Å². The molecule has 1 aromatic carbocycles. The van der Waals surface area contributed by atoms with Gasteiger partial charge in [0.05, 0.1) is 28.2 Å². The Balaban J connectivity index is 1.33. The molecule has 1 unspecified atom stereocenters. The number of hydrogen-bond acceptors (Lipinski definition) is 9. The first kappa shape index (κ1) is 29.0. The molecule has 1 fully saturated rings. The maximum absolute atomic E-state index is 13.8. The molecule has 1 amide bonds. The SMILES string of the molecule is Cc1noc(C)c1C(=O)C1CCNC[C@@H]1c1nn(-c2ccc(C(=O)Nc3cc(C(F)(F)F)ccn3)cc2)c2c(N)nccc12. The van der Waals surface area contributed by atoms with Gasteiger partial charge in [0.2, 0.25) is 0 Å². The van der Waals surface area contributed by atoms with Gasteiger partial charge in [-0.2, -0.15) is 18.3 Å². The van der Waals surface area contributed by atoms with Gasteiger partial charge in [0.1, 0.15) is 22.9 Å². The van der Waals surface area contributed by atoms with E-state index in [0.717, 1.165) is 23.7 Å². The van der Waals surface area contributed by atoms with Crippen LogP contribution in [0.2, 0.25) is 0 Å². The van der Waals surface area contributed by atoms with Crippen molar-refractivity contribution in [2.75, 3.05) is 24.1 Å². The van der Waals surface area contributed by atoms with E-state index >= 15 is 0 Å². The fourth-order valence-corrected chi connectivity index (χ4v) is 5.67. The van der Waals surface area contributed by atoms with E-state index in [1.54, 1.807) is 42.9 Å². The summed E-state index contributed by atoms with van der Waals surface area (Å²) in [5.41, 5.74) is 8.41. The van der Waals surface area contributed by atoms with Gasteiger partial charge in [0, 0.05) is 41.7 Å². The number of pyridine rings is 2. The zero-order valence-electron chi connectivity index (χ0n) is 23.6. The number of Topliss-reactive ketones (excluding diaryl/α,β-unsaturated/α-hetero) is 1. The number of nitrogens with two attached hydrogens (primary N) is 1. The van der Waals surface area contributed by atoms with E-state index in [1.807, 2.05) is 0 Å². The molecule has 0 radical (unpaired) electrons. The molecule has 226 valence electrons. The van der Waals surface area contributed by atoms with Gasteiger partial charge in [-0.1, -0.05) is 5.16 Å². The summed E-state index contributed by atoms with van der Waals surface area (Å²) < 4.78 is 46.1. The van der Waals surface area contributed by atoms with Gasteiger partial charge in [-0.15, -0.1) is 0 Å². The van der Waals surface area contributed by atoms with Crippen molar-refractivity contribution in [3.05, 3.63) is 88.7 Å². The molecule has 0 bridgehead atoms. The van der Waals surface area contributed by atoms with Crippen LogP contribution in [0.4, 0.5) is 24.8 Å². The first-order valence-corrected chi connectivity index (χ1v) is 13.8. The van der Waals surface area contributed by atoms with E-state index in [-0.39, 0.29) is 34.8 Å². The molecular formula is C30H27F3N8O3. The summed E-state index contributed by atoms with van der Waals surface area (Å²) in [6, 6.07) is 9.72. The lowest BCUT2D eigenvalue weighted by molar-refractivity contribution is -0.137. The lowest BCUT2D eigenvalue weighted by atomic mass is 9.78. The molecule has 0 saturated carbocycles. The van der Waals surface area contributed by atoms with Crippen LogP contribution in [0.15, 0.2) is 59.4 Å². The Morgan fingerprint density at radius 3 is 2.55 bits per heavy atom. The number of rotatable bonds is 6. The molecule has 0 aliphatic carbocycles. The first-order chi connectivity index (χ1) is 21.0. The summed E-state index contributed by atoms with van der Waals surface area (Å²) in [4.78, 5) is 34.6. The average molecular weight is 605 g/mol. The van der Waals surface area contributed by atoms with Crippen molar-refractivity contribution in [3.63, 3.8) is 0 Å². The van der Waals surface area contributed by atoms with E-state index < -0.39 is 17.6 Å². The Morgan fingerprint density at radius 1 is 1.09 bits per heavy atom. The Kier molecular flexibility index (Phi) is 7.37. The number of nitrogen functional groups attached to an aromatic ring is 1. The largest absolute Gasteiger partial charge is 0.416 e. The number of carbonyl (C=O) groups is 2. The second-order valence-corrected chi connectivity index (χ2v) is 10.6. The molecule has 4 N–H and O–H groups in total. The summed E-state index contributed by atoms with van der Waals surface area (Å²) in [6.07, 6.45) is -1.41. The van der Waals surface area contributed by atoms with E-state index in [9.17, 15) is 22.8 Å². The van der Waals surface area contributed by atoms with Crippen LogP contribution < -0.4 is 16.4 Å². The number of nitrogens with one attached hydrogen (secondary N) is 2. The zero-order chi connectivity index (χ0) is 31.2. The minimum absolute atomic E-state index is 0.0527. The zero-order valence-corrected chi connectivity index (χ0v) is 23.6. The summed E-state index contributed by atoms with van der Waals surface area (Å²) in [6.45, 7) is 4.64. The highest BCUT2D eigenvalue weighted by atomic mass is 19.4. The molecule has 4 aromatic heterocycles. The fourth-order valence-electron chi connectivity index (χ4n) is 5.67. The van der Waals surface area contributed by atoms with Gasteiger partial charge >= 0.3 is 6.18 Å². The average Bonchev–Trinajstić information content (AvgIpc) is 3.57. The van der Waals surface area contributed by atoms with Crippen LogP contribution in [0.5, 0.6) is 0 Å². The van der Waals surface area contributed by atoms with Gasteiger partial charge in [-0.3, -0.25) is 9.59 Å². The molecule has 1 aliphatic heterocycles. The maximum Gasteiger partial charge on any atom is 0.416 e. The van der Waals surface area contributed by atoms with Crippen LogP contribution in [0.25, 0.3) is 16.6 Å². The molecule has 1 saturated heterocycles. The number of halogens is 3. The van der Waals surface area contributed by atoms with Crippen LogP contribution in [-0.2, 0) is 6.18 Å². The molecule has 11 nitrogen and oxygen atoms in total.